The molecule has 0 aromatic rings. The fraction of sp³-hybridized carbons (Fsp3) is 0.750. The smallest absolute Gasteiger partial charge is 0.356 e. The minimum absolute atomic E-state index is 0.0970. The standard InChI is InChI=1S/C8H14N2O5/c1-2-15-8(11)7(9-12)5-3-4-6-10(13)14/h12H,2-6H2,1H3/b9-7+. The molecule has 0 amide bonds. The summed E-state index contributed by atoms with van der Waals surface area (Å²) in [6.07, 6.45) is 0.938. The molecule has 1 N–H and O–H groups in total. The maximum atomic E-state index is 11.1. The van der Waals surface area contributed by atoms with Gasteiger partial charge in [-0.3, -0.25) is 10.1 Å². The van der Waals surface area contributed by atoms with E-state index in [1.54, 1.807) is 6.92 Å². The van der Waals surface area contributed by atoms with Crippen LogP contribution >= 0.6 is 0 Å². The topological polar surface area (TPSA) is 102 Å². The fourth-order valence-corrected chi connectivity index (χ4v) is 0.941. The summed E-state index contributed by atoms with van der Waals surface area (Å²) in [4.78, 5) is 20.6. The van der Waals surface area contributed by atoms with Crippen molar-refractivity contribution in [2.75, 3.05) is 13.2 Å². The second-order valence-electron chi connectivity index (χ2n) is 2.78. The second-order valence-corrected chi connectivity index (χ2v) is 2.78. The Bertz CT molecular complexity index is 251. The Morgan fingerprint density at radius 1 is 1.53 bits per heavy atom. The zero-order valence-electron chi connectivity index (χ0n) is 8.51. The summed E-state index contributed by atoms with van der Waals surface area (Å²) in [7, 11) is 0. The molecule has 0 aliphatic heterocycles. The first-order valence-corrected chi connectivity index (χ1v) is 4.61. The van der Waals surface area contributed by atoms with Gasteiger partial charge >= 0.3 is 5.97 Å². The molecule has 0 saturated heterocycles. The number of ether oxygens (including phenoxy) is 1. The third-order valence-electron chi connectivity index (χ3n) is 1.64. The lowest BCUT2D eigenvalue weighted by molar-refractivity contribution is -0.480. The average molecular weight is 218 g/mol. The molecule has 15 heavy (non-hydrogen) atoms. The zero-order valence-corrected chi connectivity index (χ0v) is 8.51. The van der Waals surface area contributed by atoms with Crippen molar-refractivity contribution in [2.24, 2.45) is 5.16 Å². The number of oxime groups is 1. The molecule has 0 unspecified atom stereocenters. The molecule has 0 aliphatic carbocycles. The number of carbonyl (C=O) groups excluding carboxylic acids is 1. The van der Waals surface area contributed by atoms with Crippen LogP contribution in [-0.2, 0) is 9.53 Å². The van der Waals surface area contributed by atoms with Crippen LogP contribution in [0.3, 0.4) is 0 Å². The van der Waals surface area contributed by atoms with Crippen LogP contribution in [0.1, 0.15) is 26.2 Å². The van der Waals surface area contributed by atoms with E-state index in [0.29, 0.717) is 12.8 Å². The van der Waals surface area contributed by atoms with Crippen molar-refractivity contribution in [1.29, 1.82) is 0 Å². The van der Waals surface area contributed by atoms with Crippen molar-refractivity contribution in [3.8, 4) is 0 Å². The molecule has 86 valence electrons. The van der Waals surface area contributed by atoms with Crippen LogP contribution in [-0.4, -0.2) is 35.0 Å². The predicted molar refractivity (Wildman–Crippen MR) is 51.6 cm³/mol. The van der Waals surface area contributed by atoms with Crippen molar-refractivity contribution < 1.29 is 19.7 Å². The summed E-state index contributed by atoms with van der Waals surface area (Å²) < 4.78 is 4.61. The Kier molecular flexibility index (Phi) is 6.86. The van der Waals surface area contributed by atoms with Gasteiger partial charge in [0, 0.05) is 17.8 Å². The Balaban J connectivity index is 3.82. The van der Waals surface area contributed by atoms with Gasteiger partial charge in [0.1, 0.15) is 0 Å². The number of esters is 1. The van der Waals surface area contributed by atoms with E-state index in [1.807, 2.05) is 0 Å². The Labute approximate surface area is 86.9 Å². The lowest BCUT2D eigenvalue weighted by atomic mass is 10.1. The van der Waals surface area contributed by atoms with Crippen molar-refractivity contribution in [1.82, 2.24) is 0 Å². The minimum atomic E-state index is -0.680. The number of nitrogens with zero attached hydrogens (tertiary/aromatic N) is 2. The Morgan fingerprint density at radius 2 is 2.20 bits per heavy atom. The van der Waals surface area contributed by atoms with Gasteiger partial charge in [0.05, 0.1) is 6.61 Å². The third-order valence-corrected chi connectivity index (χ3v) is 1.64. The molecule has 0 aliphatic rings. The van der Waals surface area contributed by atoms with Crippen molar-refractivity contribution in [2.45, 2.75) is 26.2 Å². The maximum absolute atomic E-state index is 11.1. The first-order valence-electron chi connectivity index (χ1n) is 4.61. The average Bonchev–Trinajstić information content (AvgIpc) is 2.17. The monoisotopic (exact) mass is 218 g/mol. The van der Waals surface area contributed by atoms with Gasteiger partial charge in [-0.1, -0.05) is 5.16 Å². The van der Waals surface area contributed by atoms with Gasteiger partial charge in [0.15, 0.2) is 5.71 Å². The predicted octanol–water partition coefficient (Wildman–Crippen LogP) is 0.827. The number of carbonyl (C=O) groups is 1. The van der Waals surface area contributed by atoms with E-state index in [4.69, 9.17) is 5.21 Å². The van der Waals surface area contributed by atoms with Crippen molar-refractivity contribution in [3.05, 3.63) is 10.1 Å². The lowest BCUT2D eigenvalue weighted by Crippen LogP contribution is -2.17. The normalized spacial score (nSPS) is 11.1. The molecule has 7 nitrogen and oxygen atoms in total. The molecular weight excluding hydrogens is 204 g/mol. The summed E-state index contributed by atoms with van der Waals surface area (Å²) in [6.45, 7) is 1.69. The van der Waals surface area contributed by atoms with E-state index in [-0.39, 0.29) is 25.3 Å². The van der Waals surface area contributed by atoms with Crippen LogP contribution in [0.15, 0.2) is 5.16 Å². The zero-order chi connectivity index (χ0) is 11.7. The molecule has 0 radical (unpaired) electrons. The number of hydrogen-bond acceptors (Lipinski definition) is 6. The van der Waals surface area contributed by atoms with Gasteiger partial charge in [-0.2, -0.15) is 0 Å². The molecule has 0 heterocycles. The van der Waals surface area contributed by atoms with Crippen LogP contribution < -0.4 is 0 Å². The number of unbranched alkanes of at least 4 members (excludes halogenated alkanes) is 1. The molecule has 0 aromatic heterocycles. The second kappa shape index (κ2) is 7.72. The first-order chi connectivity index (χ1) is 7.11. The van der Waals surface area contributed by atoms with Crippen LogP contribution in [0, 0.1) is 10.1 Å². The summed E-state index contributed by atoms with van der Waals surface area (Å²) in [5, 5.41) is 21.3. The summed E-state index contributed by atoms with van der Waals surface area (Å²) >= 11 is 0. The van der Waals surface area contributed by atoms with Gasteiger partial charge in [-0.15, -0.1) is 0 Å². The summed E-state index contributed by atoms with van der Waals surface area (Å²) in [5.74, 6) is -0.680. The number of rotatable bonds is 7. The molecule has 0 spiro atoms. The van der Waals surface area contributed by atoms with Crippen molar-refractivity contribution >= 4 is 11.7 Å². The highest BCUT2D eigenvalue weighted by Crippen LogP contribution is 2.00. The van der Waals surface area contributed by atoms with Gasteiger partial charge < -0.3 is 9.94 Å². The van der Waals surface area contributed by atoms with E-state index in [0.717, 1.165) is 0 Å². The molecule has 0 aromatic carbocycles. The molecule has 0 fully saturated rings. The quantitative estimate of drug-likeness (QED) is 0.170. The fourth-order valence-electron chi connectivity index (χ4n) is 0.941. The van der Waals surface area contributed by atoms with Gasteiger partial charge in [0.25, 0.3) is 0 Å². The largest absolute Gasteiger partial charge is 0.461 e. The molecule has 7 heteroatoms. The van der Waals surface area contributed by atoms with Crippen molar-refractivity contribution in [3.63, 3.8) is 0 Å². The van der Waals surface area contributed by atoms with Crippen LogP contribution in [0.5, 0.6) is 0 Å². The molecule has 0 atom stereocenters. The lowest BCUT2D eigenvalue weighted by Gasteiger charge is -2.02. The Hall–Kier alpha value is -1.66. The highest BCUT2D eigenvalue weighted by atomic mass is 16.6. The molecule has 0 bridgehead atoms. The van der Waals surface area contributed by atoms with E-state index in [1.165, 1.54) is 0 Å². The van der Waals surface area contributed by atoms with Gasteiger partial charge in [0.2, 0.25) is 6.54 Å². The molecule has 0 saturated carbocycles. The molecule has 0 rings (SSSR count). The van der Waals surface area contributed by atoms with Crippen LogP contribution in [0.2, 0.25) is 0 Å². The van der Waals surface area contributed by atoms with E-state index in [9.17, 15) is 14.9 Å². The van der Waals surface area contributed by atoms with E-state index < -0.39 is 10.9 Å². The van der Waals surface area contributed by atoms with E-state index in [2.05, 4.69) is 9.89 Å². The highest BCUT2D eigenvalue weighted by Gasteiger charge is 2.13. The van der Waals surface area contributed by atoms with Crippen LogP contribution in [0.4, 0.5) is 0 Å². The van der Waals surface area contributed by atoms with Crippen LogP contribution in [0.25, 0.3) is 0 Å². The Morgan fingerprint density at radius 3 is 2.67 bits per heavy atom. The van der Waals surface area contributed by atoms with Gasteiger partial charge in [-0.25, -0.2) is 4.79 Å². The maximum Gasteiger partial charge on any atom is 0.356 e. The van der Waals surface area contributed by atoms with Gasteiger partial charge in [-0.05, 0) is 13.3 Å². The molecular formula is C8H14N2O5. The summed E-state index contributed by atoms with van der Waals surface area (Å²) in [5.41, 5.74) is -0.0970. The number of hydrogen-bond donors (Lipinski definition) is 1. The third kappa shape index (κ3) is 6.42. The summed E-state index contributed by atoms with van der Waals surface area (Å²) in [6, 6.07) is 0. The van der Waals surface area contributed by atoms with E-state index >= 15 is 0 Å². The minimum Gasteiger partial charge on any atom is -0.461 e. The first kappa shape index (κ1) is 13.3. The SMILES string of the molecule is CCOC(=O)/C(CCCC[N+](=O)[O-])=N/O. The highest BCUT2D eigenvalue weighted by molar-refractivity contribution is 6.36. The number of nitro groups is 1.